The smallest absolute Gasteiger partial charge is 0.326 e. The van der Waals surface area contributed by atoms with Gasteiger partial charge in [0, 0.05) is 18.2 Å². The zero-order chi connectivity index (χ0) is 17.9. The minimum Gasteiger partial charge on any atom is -0.480 e. The van der Waals surface area contributed by atoms with Crippen molar-refractivity contribution in [3.05, 3.63) is 17.5 Å². The first-order chi connectivity index (χ1) is 11.8. The minimum atomic E-state index is -0.875. The first-order valence-corrected chi connectivity index (χ1v) is 9.41. The van der Waals surface area contributed by atoms with Crippen molar-refractivity contribution < 1.29 is 14.7 Å². The van der Waals surface area contributed by atoms with Gasteiger partial charge in [0.25, 0.3) is 5.91 Å². The summed E-state index contributed by atoms with van der Waals surface area (Å²) < 4.78 is 1.96. The molecule has 4 rings (SSSR count). The Labute approximate surface area is 148 Å². The summed E-state index contributed by atoms with van der Waals surface area (Å²) in [4.78, 5) is 26.5. The van der Waals surface area contributed by atoms with Gasteiger partial charge in [0.1, 0.15) is 6.04 Å². The van der Waals surface area contributed by atoms with Crippen molar-refractivity contribution in [1.82, 2.24) is 14.7 Å². The molecule has 1 aromatic rings. The molecule has 3 atom stereocenters. The Kier molecular flexibility index (Phi) is 3.71. The Morgan fingerprint density at radius 1 is 1.20 bits per heavy atom. The van der Waals surface area contributed by atoms with Crippen molar-refractivity contribution in [2.45, 2.75) is 70.4 Å². The summed E-state index contributed by atoms with van der Waals surface area (Å²) in [6.45, 7) is 6.81. The number of carboxylic acid groups (broad SMARTS) is 1. The molecule has 3 fully saturated rings. The second-order valence-electron chi connectivity index (χ2n) is 8.91. The Bertz CT molecular complexity index is 714. The summed E-state index contributed by atoms with van der Waals surface area (Å²) in [6.07, 6.45) is 5.30. The van der Waals surface area contributed by atoms with Gasteiger partial charge in [-0.1, -0.05) is 6.42 Å². The fraction of sp³-hybridized carbons (Fsp3) is 0.737. The van der Waals surface area contributed by atoms with Gasteiger partial charge in [0.2, 0.25) is 0 Å². The largest absolute Gasteiger partial charge is 0.480 e. The normalized spacial score (nSPS) is 29.1. The van der Waals surface area contributed by atoms with Gasteiger partial charge in [0.15, 0.2) is 5.69 Å². The Hall–Kier alpha value is -1.85. The number of fused-ring (bicyclic) bond motifs is 1. The highest BCUT2D eigenvalue weighted by molar-refractivity contribution is 5.95. The number of aliphatic carboxylic acids is 1. The van der Waals surface area contributed by atoms with Gasteiger partial charge in [-0.3, -0.25) is 9.48 Å². The van der Waals surface area contributed by atoms with Crippen LogP contribution >= 0.6 is 0 Å². The maximum atomic E-state index is 13.1. The molecule has 1 saturated heterocycles. The lowest BCUT2D eigenvalue weighted by Gasteiger charge is -2.24. The lowest BCUT2D eigenvalue weighted by molar-refractivity contribution is -0.142. The molecule has 1 N–H and O–H groups in total. The average molecular weight is 345 g/mol. The van der Waals surface area contributed by atoms with Gasteiger partial charge in [-0.25, -0.2) is 4.79 Å². The fourth-order valence-electron chi connectivity index (χ4n) is 4.69. The van der Waals surface area contributed by atoms with Crippen LogP contribution in [0.5, 0.6) is 0 Å². The molecule has 3 unspecified atom stereocenters. The molecule has 2 heterocycles. The van der Waals surface area contributed by atoms with Crippen LogP contribution in [0, 0.1) is 11.8 Å². The molecule has 1 aromatic heterocycles. The van der Waals surface area contributed by atoms with E-state index >= 15 is 0 Å². The number of carbonyl (C=O) groups is 2. The van der Waals surface area contributed by atoms with Crippen LogP contribution in [0.2, 0.25) is 0 Å². The maximum Gasteiger partial charge on any atom is 0.326 e. The fourth-order valence-corrected chi connectivity index (χ4v) is 4.69. The van der Waals surface area contributed by atoms with Gasteiger partial charge < -0.3 is 10.0 Å². The molecule has 0 bridgehead atoms. The van der Waals surface area contributed by atoms with Crippen LogP contribution in [0.4, 0.5) is 0 Å². The molecular formula is C19H27N3O3. The van der Waals surface area contributed by atoms with Crippen LogP contribution in [-0.4, -0.2) is 44.3 Å². The van der Waals surface area contributed by atoms with Gasteiger partial charge in [-0.15, -0.1) is 0 Å². The number of amides is 1. The first-order valence-electron chi connectivity index (χ1n) is 9.41. The average Bonchev–Trinajstić information content (AvgIpc) is 2.97. The van der Waals surface area contributed by atoms with E-state index in [-0.39, 0.29) is 17.4 Å². The van der Waals surface area contributed by atoms with Crippen molar-refractivity contribution in [2.24, 2.45) is 11.8 Å². The van der Waals surface area contributed by atoms with E-state index in [0.29, 0.717) is 24.1 Å². The van der Waals surface area contributed by atoms with Crippen molar-refractivity contribution >= 4 is 11.9 Å². The first kappa shape index (κ1) is 16.6. The minimum absolute atomic E-state index is 0.106. The van der Waals surface area contributed by atoms with Gasteiger partial charge in [-0.05, 0) is 64.4 Å². The molecular weight excluding hydrogens is 318 g/mol. The van der Waals surface area contributed by atoms with Crippen molar-refractivity contribution in [2.75, 3.05) is 6.54 Å². The summed E-state index contributed by atoms with van der Waals surface area (Å²) in [6, 6.07) is 1.21. The highest BCUT2D eigenvalue weighted by Crippen LogP contribution is 2.44. The highest BCUT2D eigenvalue weighted by atomic mass is 16.4. The monoisotopic (exact) mass is 345 g/mol. The lowest BCUT2D eigenvalue weighted by atomic mass is 9.94. The quantitative estimate of drug-likeness (QED) is 0.914. The summed E-state index contributed by atoms with van der Waals surface area (Å²) >= 11 is 0. The second-order valence-corrected chi connectivity index (χ2v) is 8.91. The Morgan fingerprint density at radius 2 is 1.92 bits per heavy atom. The molecule has 2 aliphatic carbocycles. The van der Waals surface area contributed by atoms with Gasteiger partial charge >= 0.3 is 5.97 Å². The Balaban J connectivity index is 1.66. The zero-order valence-electron chi connectivity index (χ0n) is 15.2. The summed E-state index contributed by atoms with van der Waals surface area (Å²) in [7, 11) is 0. The molecule has 6 heteroatoms. The van der Waals surface area contributed by atoms with E-state index in [0.717, 1.165) is 37.8 Å². The summed E-state index contributed by atoms with van der Waals surface area (Å²) in [5.41, 5.74) is 1.33. The van der Waals surface area contributed by atoms with E-state index in [1.165, 1.54) is 0 Å². The van der Waals surface area contributed by atoms with Crippen LogP contribution in [0.3, 0.4) is 0 Å². The number of hydrogen-bond donors (Lipinski definition) is 1. The molecule has 136 valence electrons. The number of hydrogen-bond acceptors (Lipinski definition) is 3. The standard InChI is InChI=1S/C19H27N3O3/c1-19(2,3)22-15(11-7-8-11)9-14(20-22)17(23)21-10-12-5-4-6-13(12)16(21)18(24)25/h9,11-13,16H,4-8,10H2,1-3H3,(H,24,25). The van der Waals surface area contributed by atoms with E-state index in [4.69, 9.17) is 0 Å². The number of carbonyl (C=O) groups excluding carboxylic acids is 1. The predicted molar refractivity (Wildman–Crippen MR) is 92.5 cm³/mol. The van der Waals surface area contributed by atoms with Crippen LogP contribution in [0.15, 0.2) is 6.07 Å². The summed E-state index contributed by atoms with van der Waals surface area (Å²) in [5, 5.41) is 14.3. The van der Waals surface area contributed by atoms with Crippen LogP contribution in [0.25, 0.3) is 0 Å². The van der Waals surface area contributed by atoms with Crippen LogP contribution < -0.4 is 0 Å². The van der Waals surface area contributed by atoms with Crippen LogP contribution in [-0.2, 0) is 10.3 Å². The van der Waals surface area contributed by atoms with Crippen molar-refractivity contribution in [3.63, 3.8) is 0 Å². The van der Waals surface area contributed by atoms with E-state index in [9.17, 15) is 14.7 Å². The number of rotatable bonds is 3. The number of aromatic nitrogens is 2. The highest BCUT2D eigenvalue weighted by Gasteiger charge is 2.50. The van der Waals surface area contributed by atoms with Crippen molar-refractivity contribution in [1.29, 1.82) is 0 Å². The number of likely N-dealkylation sites (tertiary alicyclic amines) is 1. The molecule has 1 amide bonds. The topological polar surface area (TPSA) is 75.4 Å². The lowest BCUT2D eigenvalue weighted by Crippen LogP contribution is -2.43. The second kappa shape index (κ2) is 5.58. The zero-order valence-corrected chi connectivity index (χ0v) is 15.2. The van der Waals surface area contributed by atoms with E-state index in [1.54, 1.807) is 4.90 Å². The molecule has 0 radical (unpaired) electrons. The molecule has 0 aromatic carbocycles. The van der Waals surface area contributed by atoms with Crippen LogP contribution in [0.1, 0.15) is 75.0 Å². The van der Waals surface area contributed by atoms with E-state index < -0.39 is 12.0 Å². The Morgan fingerprint density at radius 3 is 2.52 bits per heavy atom. The van der Waals surface area contributed by atoms with Crippen molar-refractivity contribution in [3.8, 4) is 0 Å². The molecule has 3 aliphatic rings. The number of carboxylic acids is 1. The third kappa shape index (κ3) is 2.75. The van der Waals surface area contributed by atoms with Gasteiger partial charge in [0.05, 0.1) is 5.54 Å². The third-order valence-electron chi connectivity index (χ3n) is 5.99. The third-order valence-corrected chi connectivity index (χ3v) is 5.99. The molecule has 2 saturated carbocycles. The van der Waals surface area contributed by atoms with Gasteiger partial charge in [-0.2, -0.15) is 5.10 Å². The molecule has 0 spiro atoms. The number of nitrogens with zero attached hydrogens (tertiary/aromatic N) is 3. The maximum absolute atomic E-state index is 13.1. The van der Waals surface area contributed by atoms with E-state index in [1.807, 2.05) is 10.7 Å². The molecule has 1 aliphatic heterocycles. The van der Waals surface area contributed by atoms with E-state index in [2.05, 4.69) is 25.9 Å². The summed E-state index contributed by atoms with van der Waals surface area (Å²) in [5.74, 6) is -0.166. The molecule has 6 nitrogen and oxygen atoms in total. The molecule has 25 heavy (non-hydrogen) atoms. The predicted octanol–water partition coefficient (Wildman–Crippen LogP) is 2.84. The SMILES string of the molecule is CC(C)(C)n1nc(C(=O)N2CC3CCCC3C2C(=O)O)cc1C1CC1.